The van der Waals surface area contributed by atoms with Gasteiger partial charge in [-0.05, 0) is 56.5 Å². The number of amides is 4. The Balaban J connectivity index is 1.43. The van der Waals surface area contributed by atoms with Gasteiger partial charge in [0.05, 0.1) is 18.8 Å². The molecular formula is C23H28F3N7O5. The molecule has 2 aromatic heterocycles. The number of rotatable bonds is 9. The molecule has 2 fully saturated rings. The molecule has 2 aromatic rings. The summed E-state index contributed by atoms with van der Waals surface area (Å²) < 4.78 is 49.3. The molecule has 0 aromatic carbocycles. The van der Waals surface area contributed by atoms with Crippen LogP contribution in [0.15, 0.2) is 23.0 Å². The summed E-state index contributed by atoms with van der Waals surface area (Å²) in [4.78, 5) is 43.1. The Morgan fingerprint density at radius 1 is 1.26 bits per heavy atom. The molecule has 1 unspecified atom stereocenters. The molecule has 15 heteroatoms. The van der Waals surface area contributed by atoms with Crippen LogP contribution in [0, 0.1) is 0 Å². The molecule has 0 bridgehead atoms. The number of halogens is 3. The van der Waals surface area contributed by atoms with Gasteiger partial charge in [0.1, 0.15) is 23.6 Å². The van der Waals surface area contributed by atoms with Gasteiger partial charge in [-0.1, -0.05) is 5.16 Å². The van der Waals surface area contributed by atoms with Crippen molar-refractivity contribution >= 4 is 23.7 Å². The van der Waals surface area contributed by atoms with Crippen LogP contribution < -0.4 is 16.0 Å². The van der Waals surface area contributed by atoms with Crippen molar-refractivity contribution in [1.82, 2.24) is 30.8 Å². The van der Waals surface area contributed by atoms with Gasteiger partial charge in [-0.25, -0.2) is 14.4 Å². The predicted octanol–water partition coefficient (Wildman–Crippen LogP) is 2.35. The molecule has 1 aliphatic heterocycles. The number of ether oxygens (including phenoxy) is 1. The van der Waals surface area contributed by atoms with Crippen molar-refractivity contribution in [1.29, 1.82) is 0 Å². The van der Waals surface area contributed by atoms with Crippen LogP contribution in [0.25, 0.3) is 0 Å². The number of anilines is 1. The number of nitrogens with zero attached hydrogens (tertiary/aromatic N) is 4. The highest BCUT2D eigenvalue weighted by Gasteiger charge is 2.46. The van der Waals surface area contributed by atoms with E-state index >= 15 is 0 Å². The number of urea groups is 1. The highest BCUT2D eigenvalue weighted by Crippen LogP contribution is 2.40. The fourth-order valence-electron chi connectivity index (χ4n) is 3.71. The van der Waals surface area contributed by atoms with E-state index in [1.54, 1.807) is 20.8 Å². The van der Waals surface area contributed by atoms with E-state index in [9.17, 15) is 27.6 Å². The zero-order valence-corrected chi connectivity index (χ0v) is 21.0. The number of hydrogen-bond donors (Lipinski definition) is 3. The maximum atomic E-state index is 13.1. The minimum atomic E-state index is -4.56. The Morgan fingerprint density at radius 2 is 2.00 bits per heavy atom. The van der Waals surface area contributed by atoms with Gasteiger partial charge in [0.25, 0.3) is 11.8 Å². The summed E-state index contributed by atoms with van der Waals surface area (Å²) in [5.41, 5.74) is 0.275. The van der Waals surface area contributed by atoms with Crippen molar-refractivity contribution in [3.05, 3.63) is 35.3 Å². The molecule has 2 aliphatic rings. The zero-order chi connectivity index (χ0) is 27.7. The van der Waals surface area contributed by atoms with E-state index in [4.69, 9.17) is 9.37 Å². The number of nitrogens with one attached hydrogen (secondary N) is 3. The van der Waals surface area contributed by atoms with E-state index < -0.39 is 48.3 Å². The number of pyridine rings is 1. The van der Waals surface area contributed by atoms with Crippen LogP contribution in [0.5, 0.6) is 0 Å². The average molecular weight is 540 g/mol. The Kier molecular flexibility index (Phi) is 7.58. The van der Waals surface area contributed by atoms with E-state index in [1.165, 1.54) is 18.3 Å². The highest BCUT2D eigenvalue weighted by molar-refractivity contribution is 6.00. The first-order chi connectivity index (χ1) is 17.8. The average Bonchev–Trinajstić information content (AvgIpc) is 3.42. The number of hydrogen-bond acceptors (Lipinski definition) is 8. The fraction of sp³-hybridized carbons (Fsp3) is 0.565. The summed E-state index contributed by atoms with van der Waals surface area (Å²) in [5.74, 6) is -1.12. The minimum absolute atomic E-state index is 0.00207. The van der Waals surface area contributed by atoms with Crippen LogP contribution in [0.2, 0.25) is 0 Å². The van der Waals surface area contributed by atoms with Gasteiger partial charge in [0.2, 0.25) is 0 Å². The quantitative estimate of drug-likeness (QED) is 0.439. The molecule has 2 atom stereocenters. The molecule has 1 aliphatic carbocycles. The number of carbonyl (C=O) groups is 3. The monoisotopic (exact) mass is 539 g/mol. The van der Waals surface area contributed by atoms with E-state index in [1.807, 2.05) is 5.32 Å². The lowest BCUT2D eigenvalue weighted by Crippen LogP contribution is -2.48. The van der Waals surface area contributed by atoms with Crippen molar-refractivity contribution in [2.75, 3.05) is 18.5 Å². The first-order valence-electron chi connectivity index (χ1n) is 12.0. The van der Waals surface area contributed by atoms with Gasteiger partial charge in [-0.3, -0.25) is 9.59 Å². The standard InChI is InChI=1S/C23H28F3N7O5/c1-22(2,3)37-11-14(28-20(35)18-17(13-4-5-13)31-38-32-18)19(34)30-16-8-12(6-7-27-16)9-33-10-15(23(24,25)26)29-21(33)36/h6-8,13-15H,4-5,9-11H2,1-3H3,(H,28,35)(H,29,36)(H,27,30,34)/t14?,15-/m0/s1. The van der Waals surface area contributed by atoms with Gasteiger partial charge in [-0.2, -0.15) is 13.2 Å². The topological polar surface area (TPSA) is 152 Å². The molecule has 3 N–H and O–H groups in total. The van der Waals surface area contributed by atoms with Gasteiger partial charge in [0.15, 0.2) is 5.69 Å². The maximum Gasteiger partial charge on any atom is 0.410 e. The molecule has 0 spiro atoms. The first-order valence-corrected chi connectivity index (χ1v) is 12.0. The van der Waals surface area contributed by atoms with Crippen LogP contribution >= 0.6 is 0 Å². The normalized spacial score (nSPS) is 18.7. The second kappa shape index (κ2) is 10.6. The third kappa shape index (κ3) is 6.96. The molecule has 4 amide bonds. The van der Waals surface area contributed by atoms with Crippen molar-refractivity contribution in [2.45, 2.75) is 69.9 Å². The van der Waals surface area contributed by atoms with Gasteiger partial charge in [-0.15, -0.1) is 0 Å². The number of aromatic nitrogens is 3. The SMILES string of the molecule is CC(C)(C)OCC(NC(=O)c1nonc1C1CC1)C(=O)Nc1cc(CN2C[C@@H](C(F)(F)F)NC2=O)ccn1. The van der Waals surface area contributed by atoms with Gasteiger partial charge < -0.3 is 25.6 Å². The minimum Gasteiger partial charge on any atom is -0.373 e. The van der Waals surface area contributed by atoms with Crippen molar-refractivity contribution < 1.29 is 36.9 Å². The largest absolute Gasteiger partial charge is 0.410 e. The van der Waals surface area contributed by atoms with Gasteiger partial charge >= 0.3 is 12.2 Å². The number of alkyl halides is 3. The Hall–Kier alpha value is -3.75. The third-order valence-corrected chi connectivity index (χ3v) is 5.83. The molecule has 206 valence electrons. The highest BCUT2D eigenvalue weighted by atomic mass is 19.4. The molecule has 1 saturated carbocycles. The van der Waals surface area contributed by atoms with E-state index in [0.29, 0.717) is 11.3 Å². The van der Waals surface area contributed by atoms with Crippen LogP contribution in [0.4, 0.5) is 23.8 Å². The second-order valence-electron chi connectivity index (χ2n) is 10.2. The van der Waals surface area contributed by atoms with Crippen LogP contribution in [0.1, 0.15) is 61.3 Å². The summed E-state index contributed by atoms with van der Waals surface area (Å²) in [6, 6.07) is -0.994. The first kappa shape index (κ1) is 27.3. The van der Waals surface area contributed by atoms with E-state index in [2.05, 4.69) is 25.9 Å². The summed E-state index contributed by atoms with van der Waals surface area (Å²) >= 11 is 0. The molecule has 1 saturated heterocycles. The second-order valence-corrected chi connectivity index (χ2v) is 10.2. The smallest absolute Gasteiger partial charge is 0.373 e. The van der Waals surface area contributed by atoms with E-state index in [-0.39, 0.29) is 30.6 Å². The van der Waals surface area contributed by atoms with E-state index in [0.717, 1.165) is 17.7 Å². The lowest BCUT2D eigenvalue weighted by molar-refractivity contribution is -0.149. The molecule has 4 rings (SSSR count). The summed E-state index contributed by atoms with van der Waals surface area (Å²) in [7, 11) is 0. The summed E-state index contributed by atoms with van der Waals surface area (Å²) in [6.45, 7) is 4.54. The molecule has 0 radical (unpaired) electrons. The molecule has 12 nitrogen and oxygen atoms in total. The zero-order valence-electron chi connectivity index (χ0n) is 21.0. The molecular weight excluding hydrogens is 511 g/mol. The molecule has 38 heavy (non-hydrogen) atoms. The molecule has 3 heterocycles. The Morgan fingerprint density at radius 3 is 2.63 bits per heavy atom. The van der Waals surface area contributed by atoms with Crippen molar-refractivity contribution in [3.8, 4) is 0 Å². The van der Waals surface area contributed by atoms with Crippen molar-refractivity contribution in [2.24, 2.45) is 0 Å². The lowest BCUT2D eigenvalue weighted by Gasteiger charge is -2.24. The Bertz CT molecular complexity index is 1190. The summed E-state index contributed by atoms with van der Waals surface area (Å²) in [5, 5.41) is 14.6. The van der Waals surface area contributed by atoms with Crippen LogP contribution in [-0.4, -0.2) is 75.1 Å². The fourth-order valence-corrected chi connectivity index (χ4v) is 3.71. The predicted molar refractivity (Wildman–Crippen MR) is 125 cm³/mol. The third-order valence-electron chi connectivity index (χ3n) is 5.83. The van der Waals surface area contributed by atoms with Gasteiger partial charge in [0, 0.05) is 18.7 Å². The van der Waals surface area contributed by atoms with Crippen molar-refractivity contribution in [3.63, 3.8) is 0 Å². The summed E-state index contributed by atoms with van der Waals surface area (Å²) in [6.07, 6.45) is -1.48. The lowest BCUT2D eigenvalue weighted by atomic mass is 10.1. The maximum absolute atomic E-state index is 13.1. The Labute approximate surface area is 215 Å². The van der Waals surface area contributed by atoms with Crippen LogP contribution in [0.3, 0.4) is 0 Å². The number of carbonyl (C=O) groups excluding carboxylic acids is 3. The van der Waals surface area contributed by atoms with Crippen LogP contribution in [-0.2, 0) is 16.1 Å².